The molecule has 2 unspecified atom stereocenters. The van der Waals surface area contributed by atoms with E-state index in [1.807, 2.05) is 30.5 Å². The van der Waals surface area contributed by atoms with Crippen LogP contribution in [-0.2, 0) is 6.54 Å². The van der Waals surface area contributed by atoms with Crippen LogP contribution in [0.3, 0.4) is 0 Å². The quantitative estimate of drug-likeness (QED) is 0.891. The van der Waals surface area contributed by atoms with E-state index in [2.05, 4.69) is 9.88 Å². The predicted octanol–water partition coefficient (Wildman–Crippen LogP) is 1.58. The van der Waals surface area contributed by atoms with Crippen molar-refractivity contribution < 1.29 is 9.84 Å². The number of fused-ring (bicyclic) bond motifs is 1. The lowest BCUT2D eigenvalue weighted by Gasteiger charge is -2.26. The Morgan fingerprint density at radius 1 is 1.45 bits per heavy atom. The Hall–Kier alpha value is -1.85. The standard InChI is InChI=1S/C15H19N3O2/c1-10(19)14-15-17-12(9-18(15)8-7-16-14)11-5-3-4-6-13(11)20-2/h3-6,9-10,14,16,19H,7-8H2,1-2H3. The lowest BCUT2D eigenvalue weighted by Crippen LogP contribution is -2.39. The fourth-order valence-corrected chi connectivity index (χ4v) is 2.66. The minimum atomic E-state index is -0.470. The van der Waals surface area contributed by atoms with Crippen LogP contribution >= 0.6 is 0 Å². The summed E-state index contributed by atoms with van der Waals surface area (Å²) in [5.74, 6) is 1.69. The number of nitrogens with zero attached hydrogens (tertiary/aromatic N) is 2. The molecule has 0 bridgehead atoms. The maximum atomic E-state index is 9.86. The van der Waals surface area contributed by atoms with Gasteiger partial charge >= 0.3 is 0 Å². The van der Waals surface area contributed by atoms with Crippen LogP contribution in [0.1, 0.15) is 18.8 Å². The summed E-state index contributed by atoms with van der Waals surface area (Å²) in [6.07, 6.45) is 1.56. The van der Waals surface area contributed by atoms with Gasteiger partial charge in [0.2, 0.25) is 0 Å². The third-order valence-electron chi connectivity index (χ3n) is 3.67. The number of rotatable bonds is 3. The van der Waals surface area contributed by atoms with Crippen LogP contribution in [-0.4, -0.2) is 34.4 Å². The average Bonchev–Trinajstić information content (AvgIpc) is 2.90. The number of methoxy groups -OCH3 is 1. The molecule has 0 aliphatic carbocycles. The number of hydrogen-bond donors (Lipinski definition) is 2. The highest BCUT2D eigenvalue weighted by atomic mass is 16.5. The van der Waals surface area contributed by atoms with Crippen LogP contribution in [0.25, 0.3) is 11.3 Å². The van der Waals surface area contributed by atoms with Gasteiger partial charge in [0, 0.05) is 24.8 Å². The van der Waals surface area contributed by atoms with Crippen molar-refractivity contribution in [1.29, 1.82) is 0 Å². The summed E-state index contributed by atoms with van der Waals surface area (Å²) in [6.45, 7) is 3.48. The van der Waals surface area contributed by atoms with Crippen LogP contribution in [0.2, 0.25) is 0 Å². The zero-order chi connectivity index (χ0) is 14.1. The number of hydrogen-bond acceptors (Lipinski definition) is 4. The second-order valence-corrected chi connectivity index (χ2v) is 5.05. The molecule has 0 amide bonds. The lowest BCUT2D eigenvalue weighted by molar-refractivity contribution is 0.131. The number of aliphatic hydroxyl groups is 1. The van der Waals surface area contributed by atoms with E-state index < -0.39 is 6.10 Å². The monoisotopic (exact) mass is 273 g/mol. The fourth-order valence-electron chi connectivity index (χ4n) is 2.66. The van der Waals surface area contributed by atoms with Crippen molar-refractivity contribution in [2.75, 3.05) is 13.7 Å². The number of benzene rings is 1. The first-order valence-electron chi connectivity index (χ1n) is 6.82. The molecule has 1 aliphatic heterocycles. The highest BCUT2D eigenvalue weighted by molar-refractivity contribution is 5.66. The zero-order valence-corrected chi connectivity index (χ0v) is 11.7. The number of para-hydroxylation sites is 1. The third-order valence-corrected chi connectivity index (χ3v) is 3.67. The van der Waals surface area contributed by atoms with Crippen molar-refractivity contribution in [1.82, 2.24) is 14.9 Å². The smallest absolute Gasteiger partial charge is 0.129 e. The van der Waals surface area contributed by atoms with Crippen LogP contribution in [0.15, 0.2) is 30.5 Å². The van der Waals surface area contributed by atoms with E-state index in [0.29, 0.717) is 0 Å². The molecule has 1 aromatic carbocycles. The Balaban J connectivity index is 2.05. The van der Waals surface area contributed by atoms with Gasteiger partial charge < -0.3 is 19.7 Å². The van der Waals surface area contributed by atoms with Crippen molar-refractivity contribution in [2.45, 2.75) is 25.6 Å². The van der Waals surface area contributed by atoms with Crippen LogP contribution in [0, 0.1) is 0 Å². The predicted molar refractivity (Wildman–Crippen MR) is 76.6 cm³/mol. The van der Waals surface area contributed by atoms with Gasteiger partial charge in [0.15, 0.2) is 0 Å². The largest absolute Gasteiger partial charge is 0.496 e. The number of nitrogens with one attached hydrogen (secondary N) is 1. The van der Waals surface area contributed by atoms with Crippen LogP contribution in [0.5, 0.6) is 5.75 Å². The van der Waals surface area contributed by atoms with E-state index in [-0.39, 0.29) is 6.04 Å². The number of aliphatic hydroxyl groups excluding tert-OH is 1. The van der Waals surface area contributed by atoms with Gasteiger partial charge in [-0.1, -0.05) is 12.1 Å². The van der Waals surface area contributed by atoms with Crippen LogP contribution in [0.4, 0.5) is 0 Å². The molecule has 0 saturated carbocycles. The van der Waals surface area contributed by atoms with E-state index in [9.17, 15) is 5.11 Å². The normalized spacial score (nSPS) is 19.4. The third kappa shape index (κ3) is 2.19. The molecule has 0 fully saturated rings. The van der Waals surface area contributed by atoms with Gasteiger partial charge in [-0.05, 0) is 19.1 Å². The van der Waals surface area contributed by atoms with Gasteiger partial charge in [0.25, 0.3) is 0 Å². The molecule has 106 valence electrons. The second-order valence-electron chi connectivity index (χ2n) is 5.05. The van der Waals surface area contributed by atoms with E-state index in [4.69, 9.17) is 9.72 Å². The van der Waals surface area contributed by atoms with Gasteiger partial charge in [-0.15, -0.1) is 0 Å². The van der Waals surface area contributed by atoms with Crippen molar-refractivity contribution >= 4 is 0 Å². The van der Waals surface area contributed by atoms with E-state index in [1.54, 1.807) is 14.0 Å². The Kier molecular flexibility index (Phi) is 3.46. The van der Waals surface area contributed by atoms with Crippen molar-refractivity contribution in [2.24, 2.45) is 0 Å². The Bertz CT molecular complexity index is 607. The first-order valence-corrected chi connectivity index (χ1v) is 6.82. The molecule has 5 nitrogen and oxygen atoms in total. The first kappa shape index (κ1) is 13.1. The number of ether oxygens (including phenoxy) is 1. The summed E-state index contributed by atoms with van der Waals surface area (Å²) < 4.78 is 7.50. The van der Waals surface area contributed by atoms with Crippen molar-refractivity contribution in [3.8, 4) is 17.0 Å². The summed E-state index contributed by atoms with van der Waals surface area (Å²) in [4.78, 5) is 4.69. The van der Waals surface area contributed by atoms with Gasteiger partial charge in [-0.25, -0.2) is 4.98 Å². The fraction of sp³-hybridized carbons (Fsp3) is 0.400. The van der Waals surface area contributed by atoms with E-state index >= 15 is 0 Å². The average molecular weight is 273 g/mol. The molecule has 0 spiro atoms. The molecule has 3 rings (SSSR count). The van der Waals surface area contributed by atoms with Gasteiger partial charge in [-0.2, -0.15) is 0 Å². The minimum absolute atomic E-state index is 0.118. The number of imidazole rings is 1. The molecular formula is C15H19N3O2. The molecule has 1 aromatic heterocycles. The molecule has 2 aromatic rings. The van der Waals surface area contributed by atoms with Crippen molar-refractivity contribution in [3.05, 3.63) is 36.3 Å². The second kappa shape index (κ2) is 5.26. The Morgan fingerprint density at radius 2 is 2.25 bits per heavy atom. The Labute approximate surface area is 118 Å². The van der Waals surface area contributed by atoms with Crippen LogP contribution < -0.4 is 10.1 Å². The van der Waals surface area contributed by atoms with Gasteiger partial charge in [-0.3, -0.25) is 0 Å². The minimum Gasteiger partial charge on any atom is -0.496 e. The molecular weight excluding hydrogens is 254 g/mol. The van der Waals surface area contributed by atoms with E-state index in [1.165, 1.54) is 0 Å². The molecule has 20 heavy (non-hydrogen) atoms. The van der Waals surface area contributed by atoms with Crippen molar-refractivity contribution in [3.63, 3.8) is 0 Å². The first-order chi connectivity index (χ1) is 9.70. The van der Waals surface area contributed by atoms with Gasteiger partial charge in [0.1, 0.15) is 11.6 Å². The summed E-state index contributed by atoms with van der Waals surface area (Å²) in [6, 6.07) is 7.72. The Morgan fingerprint density at radius 3 is 3.00 bits per heavy atom. The molecule has 0 radical (unpaired) electrons. The SMILES string of the molecule is COc1ccccc1-c1cn2c(n1)C(C(C)O)NCC2. The topological polar surface area (TPSA) is 59.3 Å². The van der Waals surface area contributed by atoms with E-state index in [0.717, 1.165) is 35.9 Å². The zero-order valence-electron chi connectivity index (χ0n) is 11.7. The maximum Gasteiger partial charge on any atom is 0.129 e. The summed E-state index contributed by atoms with van der Waals surface area (Å²) in [7, 11) is 1.66. The molecule has 2 N–H and O–H groups in total. The highest BCUT2D eigenvalue weighted by Crippen LogP contribution is 2.31. The molecule has 2 heterocycles. The summed E-state index contributed by atoms with van der Waals surface area (Å²) >= 11 is 0. The molecule has 2 atom stereocenters. The lowest BCUT2D eigenvalue weighted by atomic mass is 10.1. The maximum absolute atomic E-state index is 9.86. The summed E-state index contributed by atoms with van der Waals surface area (Å²) in [5.41, 5.74) is 1.85. The molecule has 0 saturated heterocycles. The molecule has 5 heteroatoms. The molecule has 1 aliphatic rings. The summed E-state index contributed by atoms with van der Waals surface area (Å²) in [5, 5.41) is 13.2. The number of aromatic nitrogens is 2. The highest BCUT2D eigenvalue weighted by Gasteiger charge is 2.26. The van der Waals surface area contributed by atoms with Gasteiger partial charge in [0.05, 0.1) is 24.9 Å².